The summed E-state index contributed by atoms with van der Waals surface area (Å²) in [7, 11) is -0.760. The number of methoxy groups -OCH3 is 2. The van der Waals surface area contributed by atoms with Gasteiger partial charge in [0.2, 0.25) is 21.8 Å². The van der Waals surface area contributed by atoms with Gasteiger partial charge in [0.05, 0.1) is 54.6 Å². The molecule has 2 amide bonds. The molecule has 2 saturated carbocycles. The van der Waals surface area contributed by atoms with E-state index in [1.807, 2.05) is 72.3 Å². The Morgan fingerprint density at radius 1 is 1.01 bits per heavy atom. The average Bonchev–Trinajstić information content (AvgIpc) is 3.97. The zero-order valence-corrected chi connectivity index (χ0v) is 42.1. The van der Waals surface area contributed by atoms with E-state index in [1.54, 1.807) is 41.9 Å². The molecule has 17 heteroatoms. The molecule has 0 bridgehead atoms. The van der Waals surface area contributed by atoms with Crippen molar-refractivity contribution < 1.29 is 46.5 Å². The number of para-hydroxylation sites is 1. The van der Waals surface area contributed by atoms with Crippen LogP contribution in [-0.4, -0.2) is 94.7 Å². The second kappa shape index (κ2) is 19.2. The van der Waals surface area contributed by atoms with Gasteiger partial charge in [0, 0.05) is 42.2 Å². The van der Waals surface area contributed by atoms with E-state index in [2.05, 4.69) is 4.72 Å². The monoisotopic (exact) mass is 971 g/mol. The predicted molar refractivity (Wildman–Crippen MR) is 259 cm³/mol. The molecule has 2 aliphatic heterocycles. The Morgan fingerprint density at radius 2 is 1.78 bits per heavy atom. The summed E-state index contributed by atoms with van der Waals surface area (Å²) in [5.41, 5.74) is 2.22. The molecule has 4 aliphatic rings. The molecule has 3 fully saturated rings. The first-order valence-corrected chi connectivity index (χ1v) is 26.2. The number of Topliss-reactive ketones (excluding diaryl/α,β-unsaturated/α-hetero) is 1. The van der Waals surface area contributed by atoms with Gasteiger partial charge in [-0.3, -0.25) is 28.5 Å². The fourth-order valence-electron chi connectivity index (χ4n) is 9.72. The predicted octanol–water partition coefficient (Wildman–Crippen LogP) is 8.53. The molecule has 2 aliphatic carbocycles. The van der Waals surface area contributed by atoms with Crippen LogP contribution in [0.2, 0.25) is 0 Å². The Kier molecular flexibility index (Phi) is 13.9. The van der Waals surface area contributed by atoms with E-state index in [9.17, 15) is 27.6 Å². The number of hydrogen-bond acceptors (Lipinski definition) is 13. The SMILES string of the molecule is COc1ccc(Cc2csc(-c3cccc4c3nc(O[C@@H]3C[C@H]5C(=O)C[C@]6(C(=O)NS(=O)(=O)C7(C)CC7)C[C@@H]6/C=C\CCCCC[C@H](CC(=O)OC(C)(C)C)C(=O)N5C3)n4C(C)C)n2)cc1OC. The number of esters is 1. The van der Waals surface area contributed by atoms with E-state index in [0.717, 1.165) is 46.6 Å². The summed E-state index contributed by atoms with van der Waals surface area (Å²) in [6.45, 7) is 11.1. The van der Waals surface area contributed by atoms with Crippen LogP contribution in [0.5, 0.6) is 17.5 Å². The van der Waals surface area contributed by atoms with Crippen molar-refractivity contribution in [3.05, 3.63) is 65.2 Å². The maximum atomic E-state index is 14.9. The highest BCUT2D eigenvalue weighted by Crippen LogP contribution is 2.58. The van der Waals surface area contributed by atoms with Crippen LogP contribution in [0.25, 0.3) is 21.6 Å². The fraction of sp³-hybridized carbons (Fsp3) is 0.569. The van der Waals surface area contributed by atoms with Crippen LogP contribution >= 0.6 is 11.3 Å². The van der Waals surface area contributed by atoms with Crippen molar-refractivity contribution in [2.45, 2.75) is 147 Å². The molecule has 5 atom stereocenters. The van der Waals surface area contributed by atoms with Crippen molar-refractivity contribution in [3.63, 3.8) is 0 Å². The van der Waals surface area contributed by atoms with Gasteiger partial charge in [-0.15, -0.1) is 11.3 Å². The number of sulfonamides is 1. The molecule has 8 rings (SSSR count). The molecule has 2 aromatic heterocycles. The van der Waals surface area contributed by atoms with Crippen LogP contribution in [0.3, 0.4) is 0 Å². The van der Waals surface area contributed by atoms with Crippen LogP contribution in [0, 0.1) is 17.3 Å². The number of hydrogen-bond donors (Lipinski definition) is 1. The second-order valence-electron chi connectivity index (χ2n) is 20.6. The number of ketones is 1. The molecule has 0 spiro atoms. The number of amides is 2. The number of thiazole rings is 1. The minimum Gasteiger partial charge on any atom is -0.493 e. The Balaban J connectivity index is 1.10. The minimum absolute atomic E-state index is 0.0372. The van der Waals surface area contributed by atoms with Crippen molar-refractivity contribution in [3.8, 4) is 28.1 Å². The van der Waals surface area contributed by atoms with Gasteiger partial charge in [-0.1, -0.05) is 37.1 Å². The molecule has 366 valence electrons. The molecule has 4 aromatic rings. The van der Waals surface area contributed by atoms with Crippen molar-refractivity contribution in [1.29, 1.82) is 0 Å². The van der Waals surface area contributed by atoms with Crippen molar-refractivity contribution in [2.75, 3.05) is 20.8 Å². The van der Waals surface area contributed by atoms with Crippen LogP contribution in [-0.2, 0) is 40.4 Å². The van der Waals surface area contributed by atoms with Gasteiger partial charge in [-0.05, 0) is 116 Å². The molecule has 15 nitrogen and oxygen atoms in total. The largest absolute Gasteiger partial charge is 0.493 e. The summed E-state index contributed by atoms with van der Waals surface area (Å²) in [6, 6.07) is 11.0. The zero-order valence-electron chi connectivity index (χ0n) is 40.5. The smallest absolute Gasteiger partial charge is 0.307 e. The van der Waals surface area contributed by atoms with Gasteiger partial charge < -0.3 is 23.8 Å². The van der Waals surface area contributed by atoms with Crippen LogP contribution < -0.4 is 18.9 Å². The summed E-state index contributed by atoms with van der Waals surface area (Å²) in [4.78, 5) is 68.9. The maximum Gasteiger partial charge on any atom is 0.307 e. The second-order valence-corrected chi connectivity index (χ2v) is 23.6. The summed E-state index contributed by atoms with van der Waals surface area (Å²) in [6.07, 6.45) is 8.24. The molecule has 68 heavy (non-hydrogen) atoms. The number of nitrogens with zero attached hydrogens (tertiary/aromatic N) is 4. The molecule has 2 aromatic carbocycles. The third kappa shape index (κ3) is 10.3. The van der Waals surface area contributed by atoms with Gasteiger partial charge >= 0.3 is 5.97 Å². The van der Waals surface area contributed by atoms with Crippen molar-refractivity contribution in [2.24, 2.45) is 17.3 Å². The quantitative estimate of drug-likeness (QED) is 0.0996. The van der Waals surface area contributed by atoms with E-state index < -0.39 is 55.7 Å². The Morgan fingerprint density at radius 3 is 2.49 bits per heavy atom. The maximum absolute atomic E-state index is 14.9. The minimum atomic E-state index is -3.98. The van der Waals surface area contributed by atoms with Gasteiger partial charge in [0.25, 0.3) is 6.01 Å². The summed E-state index contributed by atoms with van der Waals surface area (Å²) >= 11 is 1.52. The first kappa shape index (κ1) is 49.1. The topological polar surface area (TPSA) is 185 Å². The molecule has 0 unspecified atom stereocenters. The molecular formula is C51H65N5O10S2. The van der Waals surface area contributed by atoms with E-state index in [-0.39, 0.29) is 49.5 Å². The van der Waals surface area contributed by atoms with E-state index >= 15 is 0 Å². The number of allylic oxidation sites excluding steroid dienone is 2. The van der Waals surface area contributed by atoms with Crippen molar-refractivity contribution in [1.82, 2.24) is 24.2 Å². The highest BCUT2D eigenvalue weighted by atomic mass is 32.2. The van der Waals surface area contributed by atoms with Crippen LogP contribution in [0.4, 0.5) is 0 Å². The standard InChI is InChI=1S/C51H65N5O10S2/c1-31(2)56-38-18-14-17-37(45-52-35(30-67-45)23-32-19-20-41(63-7)42(24-32)64-8)44(38)53-48(56)65-36-26-39-40(57)28-51(47(60)54-68(61,62)50(6)21-22-50)27-34(51)16-13-11-9-10-12-15-33(46(59)55(39)29-36)25-43(58)66-49(3,4)5/h13-14,16-20,24,30-31,33-34,36,39H,9-12,15,21-23,25-29H2,1-8H3,(H,54,60)/b16-13-/t33-,34+,36-,39+,51-/m1/s1. The molecule has 4 heterocycles. The average molecular weight is 972 g/mol. The number of benzene rings is 2. The normalized spacial score (nSPS) is 24.6. The summed E-state index contributed by atoms with van der Waals surface area (Å²) in [5, 5.41) is 2.82. The number of aromatic nitrogens is 3. The number of nitrogens with one attached hydrogen (secondary N) is 1. The molecule has 1 N–H and O–H groups in total. The lowest BCUT2D eigenvalue weighted by atomic mass is 9.90. The Bertz CT molecular complexity index is 2710. The van der Waals surface area contributed by atoms with E-state index in [4.69, 9.17) is 28.9 Å². The van der Waals surface area contributed by atoms with Gasteiger partial charge in [0.15, 0.2) is 17.3 Å². The third-order valence-corrected chi connectivity index (χ3v) is 17.0. The lowest BCUT2D eigenvalue weighted by Gasteiger charge is -2.29. The van der Waals surface area contributed by atoms with Gasteiger partial charge in [-0.25, -0.2) is 13.4 Å². The first-order valence-electron chi connectivity index (χ1n) is 23.9. The number of carbonyl (C=O) groups is 4. The summed E-state index contributed by atoms with van der Waals surface area (Å²) in [5.74, 6) is -1.69. The van der Waals surface area contributed by atoms with E-state index in [0.29, 0.717) is 61.6 Å². The summed E-state index contributed by atoms with van der Waals surface area (Å²) < 4.78 is 53.5. The lowest BCUT2D eigenvalue weighted by Crippen LogP contribution is -2.47. The zero-order chi connectivity index (χ0) is 48.8. The van der Waals surface area contributed by atoms with Crippen molar-refractivity contribution >= 4 is 56.0 Å². The number of carbonyl (C=O) groups excluding carboxylic acids is 4. The van der Waals surface area contributed by atoms with Gasteiger partial charge in [-0.2, -0.15) is 4.98 Å². The Hall–Kier alpha value is -5.29. The van der Waals surface area contributed by atoms with Crippen LogP contribution in [0.1, 0.15) is 129 Å². The Labute approximate surface area is 403 Å². The fourth-order valence-corrected chi connectivity index (χ4v) is 11.9. The van der Waals surface area contributed by atoms with Crippen LogP contribution in [0.15, 0.2) is 53.9 Å². The molecular weight excluding hydrogens is 907 g/mol. The number of fused-ring (bicyclic) bond motifs is 3. The molecule has 1 saturated heterocycles. The van der Waals surface area contributed by atoms with E-state index in [1.165, 1.54) is 16.2 Å². The highest BCUT2D eigenvalue weighted by molar-refractivity contribution is 7.91. The number of imidazole rings is 1. The van der Waals surface area contributed by atoms with Gasteiger partial charge in [0.1, 0.15) is 22.2 Å². The third-order valence-electron chi connectivity index (χ3n) is 13.9. The molecule has 0 radical (unpaired) electrons. The number of ether oxygens (including phenoxy) is 4. The first-order chi connectivity index (χ1) is 32.2. The number of rotatable bonds is 13. The highest BCUT2D eigenvalue weighted by Gasteiger charge is 2.62. The lowest BCUT2D eigenvalue weighted by molar-refractivity contribution is -0.159.